The highest BCUT2D eigenvalue weighted by molar-refractivity contribution is 7.91. The standard InChI is InChI=1S/C16H26N2O2S/c1-4-21(19,20)11-10-18-9-5-6-15-12-14(13(2)17-3)7-8-16(15)18/h7-8,12-13,17H,4-6,9-11H2,1-3H3. The summed E-state index contributed by atoms with van der Waals surface area (Å²) in [6, 6.07) is 6.89. The van der Waals surface area contributed by atoms with Gasteiger partial charge in [-0.05, 0) is 44.0 Å². The number of aryl methyl sites for hydroxylation is 1. The first-order valence-corrected chi connectivity index (χ1v) is 9.54. The number of nitrogens with one attached hydrogen (secondary N) is 1. The number of hydrogen-bond donors (Lipinski definition) is 1. The fourth-order valence-corrected chi connectivity index (χ4v) is 3.54. The third-order valence-electron chi connectivity index (χ3n) is 4.36. The predicted octanol–water partition coefficient (Wildman–Crippen LogP) is 2.15. The molecule has 0 radical (unpaired) electrons. The second-order valence-corrected chi connectivity index (χ2v) is 8.20. The van der Waals surface area contributed by atoms with Crippen molar-refractivity contribution in [1.29, 1.82) is 0 Å². The molecular weight excluding hydrogens is 284 g/mol. The lowest BCUT2D eigenvalue weighted by molar-refractivity contribution is 0.594. The zero-order chi connectivity index (χ0) is 15.5. The highest BCUT2D eigenvalue weighted by atomic mass is 32.2. The zero-order valence-electron chi connectivity index (χ0n) is 13.2. The Kier molecular flexibility index (Phi) is 5.27. The van der Waals surface area contributed by atoms with Crippen molar-refractivity contribution in [3.8, 4) is 0 Å². The van der Waals surface area contributed by atoms with Gasteiger partial charge in [-0.1, -0.05) is 19.1 Å². The topological polar surface area (TPSA) is 49.4 Å². The molecule has 21 heavy (non-hydrogen) atoms. The van der Waals surface area contributed by atoms with Crippen molar-refractivity contribution < 1.29 is 8.42 Å². The van der Waals surface area contributed by atoms with Gasteiger partial charge in [-0.15, -0.1) is 0 Å². The first kappa shape index (κ1) is 16.3. The van der Waals surface area contributed by atoms with Crippen molar-refractivity contribution in [3.63, 3.8) is 0 Å². The Morgan fingerprint density at radius 2 is 2.14 bits per heavy atom. The van der Waals surface area contributed by atoms with Crippen LogP contribution in [0.5, 0.6) is 0 Å². The smallest absolute Gasteiger partial charge is 0.151 e. The molecule has 0 fully saturated rings. The van der Waals surface area contributed by atoms with E-state index in [-0.39, 0.29) is 11.5 Å². The molecule has 0 amide bonds. The van der Waals surface area contributed by atoms with Crippen LogP contribution in [0, 0.1) is 0 Å². The van der Waals surface area contributed by atoms with Crippen LogP contribution >= 0.6 is 0 Å². The third-order valence-corrected chi connectivity index (χ3v) is 6.05. The minimum Gasteiger partial charge on any atom is -0.370 e. The van der Waals surface area contributed by atoms with Crippen molar-refractivity contribution in [3.05, 3.63) is 29.3 Å². The van der Waals surface area contributed by atoms with Crippen molar-refractivity contribution in [2.45, 2.75) is 32.7 Å². The summed E-state index contributed by atoms with van der Waals surface area (Å²) in [5, 5.41) is 3.26. The van der Waals surface area contributed by atoms with Crippen molar-refractivity contribution in [2.24, 2.45) is 0 Å². The van der Waals surface area contributed by atoms with E-state index in [9.17, 15) is 8.42 Å². The van der Waals surface area contributed by atoms with Gasteiger partial charge in [0.05, 0.1) is 5.75 Å². The van der Waals surface area contributed by atoms with E-state index in [4.69, 9.17) is 0 Å². The lowest BCUT2D eigenvalue weighted by Crippen LogP contribution is -2.34. The quantitative estimate of drug-likeness (QED) is 0.875. The highest BCUT2D eigenvalue weighted by Crippen LogP contribution is 2.29. The minimum atomic E-state index is -2.90. The maximum atomic E-state index is 11.7. The molecule has 1 heterocycles. The van der Waals surface area contributed by atoms with E-state index in [1.807, 2.05) is 7.05 Å². The molecule has 4 nitrogen and oxygen atoms in total. The van der Waals surface area contributed by atoms with Gasteiger partial charge in [0.2, 0.25) is 0 Å². The first-order valence-electron chi connectivity index (χ1n) is 7.72. The normalized spacial score (nSPS) is 16.6. The molecule has 1 N–H and O–H groups in total. The average molecular weight is 310 g/mol. The van der Waals surface area contributed by atoms with Crippen LogP contribution in [-0.4, -0.2) is 40.1 Å². The third kappa shape index (κ3) is 3.98. The van der Waals surface area contributed by atoms with Gasteiger partial charge in [0.1, 0.15) is 0 Å². The Balaban J connectivity index is 2.16. The summed E-state index contributed by atoms with van der Waals surface area (Å²) in [7, 11) is -0.934. The van der Waals surface area contributed by atoms with E-state index in [1.165, 1.54) is 16.8 Å². The second-order valence-electron chi connectivity index (χ2n) is 5.73. The molecule has 1 aliphatic heterocycles. The maximum absolute atomic E-state index is 11.7. The lowest BCUT2D eigenvalue weighted by Gasteiger charge is -2.32. The molecule has 1 atom stereocenters. The number of sulfone groups is 1. The molecular formula is C16H26N2O2S. The Morgan fingerprint density at radius 1 is 1.38 bits per heavy atom. The summed E-state index contributed by atoms with van der Waals surface area (Å²) in [6.45, 7) is 5.41. The minimum absolute atomic E-state index is 0.228. The van der Waals surface area contributed by atoms with E-state index in [0.717, 1.165) is 19.4 Å². The van der Waals surface area contributed by atoms with Crippen LogP contribution in [0.2, 0.25) is 0 Å². The van der Waals surface area contributed by atoms with Gasteiger partial charge in [-0.3, -0.25) is 0 Å². The van der Waals surface area contributed by atoms with Gasteiger partial charge >= 0.3 is 0 Å². The Hall–Kier alpha value is -1.07. The van der Waals surface area contributed by atoms with Crippen LogP contribution in [0.3, 0.4) is 0 Å². The molecule has 0 spiro atoms. The molecule has 118 valence electrons. The van der Waals surface area contributed by atoms with Crippen LogP contribution in [-0.2, 0) is 16.3 Å². The van der Waals surface area contributed by atoms with Crippen LogP contribution in [0.1, 0.15) is 37.4 Å². The molecule has 1 unspecified atom stereocenters. The molecule has 1 aromatic carbocycles. The summed E-state index contributed by atoms with van der Waals surface area (Å²) in [5.74, 6) is 0.476. The molecule has 0 saturated heterocycles. The zero-order valence-corrected chi connectivity index (χ0v) is 14.0. The molecule has 0 aromatic heterocycles. The van der Waals surface area contributed by atoms with Crippen LogP contribution in [0.25, 0.3) is 0 Å². The van der Waals surface area contributed by atoms with Gasteiger partial charge in [-0.25, -0.2) is 8.42 Å². The van der Waals surface area contributed by atoms with E-state index >= 15 is 0 Å². The number of nitrogens with zero attached hydrogens (tertiary/aromatic N) is 1. The second kappa shape index (κ2) is 6.79. The molecule has 0 bridgehead atoms. The average Bonchev–Trinajstić information content (AvgIpc) is 2.51. The summed E-state index contributed by atoms with van der Waals surface area (Å²) >= 11 is 0. The van der Waals surface area contributed by atoms with Crippen LogP contribution < -0.4 is 10.2 Å². The fourth-order valence-electron chi connectivity index (χ4n) is 2.76. The SMILES string of the molecule is CCS(=O)(=O)CCN1CCCc2cc(C(C)NC)ccc21. The van der Waals surface area contributed by atoms with Crippen LogP contribution in [0.15, 0.2) is 18.2 Å². The monoisotopic (exact) mass is 310 g/mol. The van der Waals surface area contributed by atoms with Gasteiger partial charge in [-0.2, -0.15) is 0 Å². The summed E-state index contributed by atoms with van der Waals surface area (Å²) in [6.07, 6.45) is 2.17. The number of hydrogen-bond acceptors (Lipinski definition) is 4. The Morgan fingerprint density at radius 3 is 2.81 bits per heavy atom. The van der Waals surface area contributed by atoms with Crippen molar-refractivity contribution in [2.75, 3.05) is 36.5 Å². The summed E-state index contributed by atoms with van der Waals surface area (Å²) in [5.41, 5.74) is 3.84. The van der Waals surface area contributed by atoms with E-state index in [2.05, 4.69) is 35.3 Å². The largest absolute Gasteiger partial charge is 0.370 e. The van der Waals surface area contributed by atoms with Gasteiger partial charge < -0.3 is 10.2 Å². The summed E-state index contributed by atoms with van der Waals surface area (Å²) in [4.78, 5) is 2.22. The van der Waals surface area contributed by atoms with E-state index in [1.54, 1.807) is 6.92 Å². The number of rotatable bonds is 6. The van der Waals surface area contributed by atoms with Gasteiger partial charge in [0, 0.05) is 30.6 Å². The number of benzene rings is 1. The lowest BCUT2D eigenvalue weighted by atomic mass is 9.97. The first-order chi connectivity index (χ1) is 9.96. The molecule has 1 aromatic rings. The predicted molar refractivity (Wildman–Crippen MR) is 88.8 cm³/mol. The number of fused-ring (bicyclic) bond motifs is 1. The van der Waals surface area contributed by atoms with Crippen LogP contribution in [0.4, 0.5) is 5.69 Å². The fraction of sp³-hybridized carbons (Fsp3) is 0.625. The molecule has 2 rings (SSSR count). The highest BCUT2D eigenvalue weighted by Gasteiger charge is 2.19. The summed E-state index contributed by atoms with van der Waals surface area (Å²) < 4.78 is 23.4. The number of anilines is 1. The molecule has 5 heteroatoms. The molecule has 0 saturated carbocycles. The molecule has 1 aliphatic rings. The van der Waals surface area contributed by atoms with Crippen molar-refractivity contribution >= 4 is 15.5 Å². The van der Waals surface area contributed by atoms with Gasteiger partial charge in [0.25, 0.3) is 0 Å². The molecule has 0 aliphatic carbocycles. The van der Waals surface area contributed by atoms with Gasteiger partial charge in [0.15, 0.2) is 9.84 Å². The Labute approximate surface area is 128 Å². The van der Waals surface area contributed by atoms with E-state index < -0.39 is 9.84 Å². The van der Waals surface area contributed by atoms with E-state index in [0.29, 0.717) is 12.6 Å². The Bertz CT molecular complexity index is 584. The maximum Gasteiger partial charge on any atom is 0.151 e. The van der Waals surface area contributed by atoms with Crippen molar-refractivity contribution in [1.82, 2.24) is 5.32 Å².